The molecule has 0 amide bonds. The predicted molar refractivity (Wildman–Crippen MR) is 74.4 cm³/mol. The fourth-order valence-corrected chi connectivity index (χ4v) is 1.78. The third kappa shape index (κ3) is 2.37. The maximum absolute atomic E-state index is 5.96. The Morgan fingerprint density at radius 3 is 2.67 bits per heavy atom. The average molecular weight is 243 g/mol. The molecule has 2 N–H and O–H groups in total. The first kappa shape index (κ1) is 12.2. The Morgan fingerprint density at radius 2 is 2.00 bits per heavy atom. The molecule has 0 spiro atoms. The van der Waals surface area contributed by atoms with Gasteiger partial charge in [0.1, 0.15) is 0 Å². The van der Waals surface area contributed by atoms with E-state index in [9.17, 15) is 0 Å². The summed E-state index contributed by atoms with van der Waals surface area (Å²) in [5.41, 5.74) is 8.82. The van der Waals surface area contributed by atoms with Gasteiger partial charge in [0.05, 0.1) is 12.8 Å². The number of aryl methyl sites for hydroxylation is 1. The zero-order valence-corrected chi connectivity index (χ0v) is 10.8. The first-order valence-corrected chi connectivity index (χ1v) is 5.72. The Balaban J connectivity index is 2.41. The summed E-state index contributed by atoms with van der Waals surface area (Å²) in [5.74, 6) is 1.25. The molecule has 1 aromatic carbocycles. The normalized spacial score (nSPS) is 10.2. The maximum atomic E-state index is 5.96. The van der Waals surface area contributed by atoms with E-state index in [1.54, 1.807) is 19.2 Å². The Hall–Kier alpha value is -2.23. The van der Waals surface area contributed by atoms with Crippen LogP contribution in [0.3, 0.4) is 0 Å². The van der Waals surface area contributed by atoms with Crippen LogP contribution >= 0.6 is 0 Å². The van der Waals surface area contributed by atoms with Gasteiger partial charge in [-0.3, -0.25) is 0 Å². The van der Waals surface area contributed by atoms with E-state index in [0.717, 1.165) is 5.69 Å². The molecule has 0 fully saturated rings. The molecule has 0 aliphatic carbocycles. The number of rotatable bonds is 3. The molecular formula is C14H17N3O. The number of nitrogens with two attached hydrogens (primary N) is 1. The Bertz CT molecular complexity index is 554. The standard InChI is InChI=1S/C14H17N3O/c1-10-5-4-6-11(9-10)17(2)14-12(15)7-8-13(16-14)18-3/h4-9H,15H2,1-3H3. The summed E-state index contributed by atoms with van der Waals surface area (Å²) in [6, 6.07) is 11.7. The Kier molecular flexibility index (Phi) is 3.37. The highest BCUT2D eigenvalue weighted by molar-refractivity contribution is 5.71. The van der Waals surface area contributed by atoms with Crippen LogP contribution in [0.2, 0.25) is 0 Å². The van der Waals surface area contributed by atoms with Crippen LogP contribution in [0, 0.1) is 6.92 Å². The van der Waals surface area contributed by atoms with Gasteiger partial charge in [-0.25, -0.2) is 0 Å². The third-order valence-corrected chi connectivity index (χ3v) is 2.80. The van der Waals surface area contributed by atoms with Crippen molar-refractivity contribution in [1.82, 2.24) is 4.98 Å². The van der Waals surface area contributed by atoms with Crippen LogP contribution in [0.15, 0.2) is 36.4 Å². The molecule has 1 heterocycles. The van der Waals surface area contributed by atoms with Crippen molar-refractivity contribution in [3.05, 3.63) is 42.0 Å². The molecule has 0 unspecified atom stereocenters. The van der Waals surface area contributed by atoms with Gasteiger partial charge in [-0.2, -0.15) is 4.98 Å². The van der Waals surface area contributed by atoms with E-state index < -0.39 is 0 Å². The van der Waals surface area contributed by atoms with E-state index in [1.807, 2.05) is 24.1 Å². The van der Waals surface area contributed by atoms with Crippen LogP contribution in [-0.4, -0.2) is 19.1 Å². The number of nitrogen functional groups attached to an aromatic ring is 1. The largest absolute Gasteiger partial charge is 0.481 e. The molecule has 18 heavy (non-hydrogen) atoms. The topological polar surface area (TPSA) is 51.4 Å². The number of hydrogen-bond acceptors (Lipinski definition) is 4. The molecule has 0 saturated carbocycles. The summed E-state index contributed by atoms with van der Waals surface area (Å²) in [4.78, 5) is 6.32. The van der Waals surface area contributed by atoms with Gasteiger partial charge in [0.15, 0.2) is 5.82 Å². The van der Waals surface area contributed by atoms with Crippen molar-refractivity contribution in [3.8, 4) is 5.88 Å². The molecule has 0 radical (unpaired) electrons. The molecule has 1 aromatic heterocycles. The number of ether oxygens (including phenoxy) is 1. The number of nitrogens with zero attached hydrogens (tertiary/aromatic N) is 2. The molecule has 2 rings (SSSR count). The molecule has 0 saturated heterocycles. The fraction of sp³-hybridized carbons (Fsp3) is 0.214. The van der Waals surface area contributed by atoms with Crippen LogP contribution in [0.4, 0.5) is 17.2 Å². The quantitative estimate of drug-likeness (QED) is 0.900. The van der Waals surface area contributed by atoms with Crippen LogP contribution in [0.1, 0.15) is 5.56 Å². The van der Waals surface area contributed by atoms with Crippen molar-refractivity contribution in [1.29, 1.82) is 0 Å². The molecule has 4 heteroatoms. The highest BCUT2D eigenvalue weighted by Crippen LogP contribution is 2.29. The zero-order valence-electron chi connectivity index (χ0n) is 10.8. The average Bonchev–Trinajstić information content (AvgIpc) is 2.38. The molecule has 2 aromatic rings. The lowest BCUT2D eigenvalue weighted by Crippen LogP contribution is -2.13. The van der Waals surface area contributed by atoms with Gasteiger partial charge in [-0.1, -0.05) is 12.1 Å². The predicted octanol–water partition coefficient (Wildman–Crippen LogP) is 2.75. The number of benzene rings is 1. The van der Waals surface area contributed by atoms with Gasteiger partial charge in [-0.15, -0.1) is 0 Å². The van der Waals surface area contributed by atoms with Crippen LogP contribution in [-0.2, 0) is 0 Å². The number of hydrogen-bond donors (Lipinski definition) is 1. The molecule has 4 nitrogen and oxygen atoms in total. The molecule has 94 valence electrons. The number of aromatic nitrogens is 1. The molecule has 0 aliphatic heterocycles. The number of pyridine rings is 1. The first-order chi connectivity index (χ1) is 8.61. The summed E-state index contributed by atoms with van der Waals surface area (Å²) in [7, 11) is 3.53. The second-order valence-electron chi connectivity index (χ2n) is 4.16. The van der Waals surface area contributed by atoms with Crippen LogP contribution < -0.4 is 15.4 Å². The number of anilines is 3. The van der Waals surface area contributed by atoms with Gasteiger partial charge in [-0.05, 0) is 30.7 Å². The van der Waals surface area contributed by atoms with Crippen molar-refractivity contribution in [2.45, 2.75) is 6.92 Å². The molecular weight excluding hydrogens is 226 g/mol. The lowest BCUT2D eigenvalue weighted by Gasteiger charge is -2.20. The number of methoxy groups -OCH3 is 1. The zero-order chi connectivity index (χ0) is 13.1. The van der Waals surface area contributed by atoms with E-state index in [-0.39, 0.29) is 0 Å². The summed E-state index contributed by atoms with van der Waals surface area (Å²) in [6.45, 7) is 2.06. The fourth-order valence-electron chi connectivity index (χ4n) is 1.78. The third-order valence-electron chi connectivity index (χ3n) is 2.80. The second-order valence-corrected chi connectivity index (χ2v) is 4.16. The van der Waals surface area contributed by atoms with E-state index in [1.165, 1.54) is 5.56 Å². The van der Waals surface area contributed by atoms with Crippen molar-refractivity contribution in [3.63, 3.8) is 0 Å². The first-order valence-electron chi connectivity index (χ1n) is 5.72. The van der Waals surface area contributed by atoms with Gasteiger partial charge in [0.25, 0.3) is 0 Å². The van der Waals surface area contributed by atoms with Crippen molar-refractivity contribution >= 4 is 17.2 Å². The lowest BCUT2D eigenvalue weighted by molar-refractivity contribution is 0.398. The van der Waals surface area contributed by atoms with E-state index in [2.05, 4.69) is 24.0 Å². The SMILES string of the molecule is COc1ccc(N)c(N(C)c2cccc(C)c2)n1. The van der Waals surface area contributed by atoms with Gasteiger partial charge < -0.3 is 15.4 Å². The smallest absolute Gasteiger partial charge is 0.215 e. The Labute approximate surface area is 107 Å². The van der Waals surface area contributed by atoms with Crippen molar-refractivity contribution < 1.29 is 4.74 Å². The monoisotopic (exact) mass is 243 g/mol. The minimum atomic E-state index is 0.554. The Morgan fingerprint density at radius 1 is 1.22 bits per heavy atom. The van der Waals surface area contributed by atoms with Gasteiger partial charge in [0, 0.05) is 18.8 Å². The van der Waals surface area contributed by atoms with Crippen LogP contribution in [0.25, 0.3) is 0 Å². The summed E-state index contributed by atoms with van der Waals surface area (Å²) >= 11 is 0. The minimum absolute atomic E-state index is 0.554. The highest BCUT2D eigenvalue weighted by atomic mass is 16.5. The summed E-state index contributed by atoms with van der Waals surface area (Å²) in [5, 5.41) is 0. The molecule has 0 aliphatic rings. The second kappa shape index (κ2) is 4.96. The molecule has 0 atom stereocenters. The van der Waals surface area contributed by atoms with E-state index in [4.69, 9.17) is 10.5 Å². The van der Waals surface area contributed by atoms with E-state index >= 15 is 0 Å². The highest BCUT2D eigenvalue weighted by Gasteiger charge is 2.10. The van der Waals surface area contributed by atoms with Crippen molar-refractivity contribution in [2.24, 2.45) is 0 Å². The molecule has 0 bridgehead atoms. The maximum Gasteiger partial charge on any atom is 0.215 e. The minimum Gasteiger partial charge on any atom is -0.481 e. The van der Waals surface area contributed by atoms with E-state index in [0.29, 0.717) is 17.4 Å². The van der Waals surface area contributed by atoms with Crippen LogP contribution in [0.5, 0.6) is 5.88 Å². The van der Waals surface area contributed by atoms with Gasteiger partial charge in [0.2, 0.25) is 5.88 Å². The summed E-state index contributed by atoms with van der Waals surface area (Å²) in [6.07, 6.45) is 0. The lowest BCUT2D eigenvalue weighted by atomic mass is 10.2. The summed E-state index contributed by atoms with van der Waals surface area (Å²) < 4.78 is 5.13. The van der Waals surface area contributed by atoms with Gasteiger partial charge >= 0.3 is 0 Å². The van der Waals surface area contributed by atoms with Crippen molar-refractivity contribution in [2.75, 3.05) is 24.8 Å².